The Labute approximate surface area is 138 Å². The van der Waals surface area contributed by atoms with Crippen LogP contribution in [0.25, 0.3) is 0 Å². The van der Waals surface area contributed by atoms with Crippen LogP contribution in [0.3, 0.4) is 0 Å². The predicted molar refractivity (Wildman–Crippen MR) is 91.0 cm³/mol. The Morgan fingerprint density at radius 3 is 2.57 bits per heavy atom. The van der Waals surface area contributed by atoms with Crippen molar-refractivity contribution >= 4 is 11.9 Å². The third kappa shape index (κ3) is 4.98. The molecule has 0 bridgehead atoms. The summed E-state index contributed by atoms with van der Waals surface area (Å²) in [6.07, 6.45) is 1.20. The minimum absolute atomic E-state index is 0.0181. The van der Waals surface area contributed by atoms with Crippen molar-refractivity contribution in [2.45, 2.75) is 46.2 Å². The van der Waals surface area contributed by atoms with E-state index in [0.29, 0.717) is 25.4 Å². The number of urea groups is 1. The molecule has 0 radical (unpaired) electrons. The molecule has 1 heterocycles. The summed E-state index contributed by atoms with van der Waals surface area (Å²) in [5.74, 6) is 0.387. The van der Waals surface area contributed by atoms with Gasteiger partial charge in [-0.3, -0.25) is 4.79 Å². The fourth-order valence-electron chi connectivity index (χ4n) is 2.56. The van der Waals surface area contributed by atoms with E-state index in [9.17, 15) is 9.59 Å². The first-order chi connectivity index (χ1) is 11.0. The first-order valence-corrected chi connectivity index (χ1v) is 8.36. The maximum absolute atomic E-state index is 12.2. The number of fused-ring (bicyclic) bond motifs is 1. The van der Waals surface area contributed by atoms with Crippen LogP contribution in [-0.2, 0) is 17.8 Å². The zero-order chi connectivity index (χ0) is 16.8. The molecule has 1 aromatic carbocycles. The third-order valence-corrected chi connectivity index (χ3v) is 4.43. The number of carbonyl (C=O) groups excluding carboxylic acids is 2. The van der Waals surface area contributed by atoms with E-state index in [-0.39, 0.29) is 18.0 Å². The quantitative estimate of drug-likeness (QED) is 0.875. The molecule has 2 rings (SSSR count). The van der Waals surface area contributed by atoms with Crippen LogP contribution in [0, 0.1) is 5.92 Å². The molecule has 1 aromatic rings. The topological polar surface area (TPSA) is 61.4 Å². The second-order valence-electron chi connectivity index (χ2n) is 6.52. The van der Waals surface area contributed by atoms with E-state index in [4.69, 9.17) is 0 Å². The molecule has 126 valence electrons. The second-order valence-corrected chi connectivity index (χ2v) is 6.52. The molecule has 0 saturated carbocycles. The Kier molecular flexibility index (Phi) is 6.02. The molecule has 0 saturated heterocycles. The smallest absolute Gasteiger partial charge is 0.317 e. The average molecular weight is 317 g/mol. The molecule has 0 fully saturated rings. The maximum Gasteiger partial charge on any atom is 0.317 e. The molecular weight excluding hydrogens is 290 g/mol. The first kappa shape index (κ1) is 17.3. The minimum atomic E-state index is -0.0933. The van der Waals surface area contributed by atoms with Crippen molar-refractivity contribution in [2.24, 2.45) is 5.92 Å². The van der Waals surface area contributed by atoms with Gasteiger partial charge >= 0.3 is 6.03 Å². The van der Waals surface area contributed by atoms with Crippen LogP contribution in [0.4, 0.5) is 4.79 Å². The van der Waals surface area contributed by atoms with Crippen molar-refractivity contribution in [1.82, 2.24) is 15.5 Å². The largest absolute Gasteiger partial charge is 0.353 e. The molecule has 5 heteroatoms. The number of amides is 3. The monoisotopic (exact) mass is 317 g/mol. The summed E-state index contributed by atoms with van der Waals surface area (Å²) in [6, 6.07) is 8.27. The van der Waals surface area contributed by atoms with Gasteiger partial charge in [-0.15, -0.1) is 0 Å². The van der Waals surface area contributed by atoms with Crippen molar-refractivity contribution in [1.29, 1.82) is 0 Å². The van der Waals surface area contributed by atoms with Crippen LogP contribution in [0.1, 0.15) is 38.3 Å². The Balaban J connectivity index is 1.73. The summed E-state index contributed by atoms with van der Waals surface area (Å²) >= 11 is 0. The van der Waals surface area contributed by atoms with Gasteiger partial charge in [0, 0.05) is 32.1 Å². The Morgan fingerprint density at radius 2 is 1.87 bits per heavy atom. The van der Waals surface area contributed by atoms with Crippen molar-refractivity contribution < 1.29 is 9.59 Å². The Bertz CT molecular complexity index is 557. The normalized spacial score (nSPS) is 15.0. The molecule has 0 unspecified atom stereocenters. The van der Waals surface area contributed by atoms with Crippen LogP contribution >= 0.6 is 0 Å². The van der Waals surface area contributed by atoms with Crippen molar-refractivity contribution in [2.75, 3.05) is 13.1 Å². The third-order valence-electron chi connectivity index (χ3n) is 4.43. The zero-order valence-electron chi connectivity index (χ0n) is 14.3. The van der Waals surface area contributed by atoms with Gasteiger partial charge in [-0.05, 0) is 30.4 Å². The SMILES string of the molecule is CC(C)[C@@H](C)NC(=O)CCNC(=O)N1CCc2ccccc2C1. The molecular formula is C18H27N3O2. The number of hydrogen-bond donors (Lipinski definition) is 2. The number of benzene rings is 1. The number of nitrogens with zero attached hydrogens (tertiary/aromatic N) is 1. The van der Waals surface area contributed by atoms with Gasteiger partial charge in [0.15, 0.2) is 0 Å². The highest BCUT2D eigenvalue weighted by Gasteiger charge is 2.20. The number of hydrogen-bond acceptors (Lipinski definition) is 2. The van der Waals surface area contributed by atoms with Crippen molar-refractivity contribution in [3.8, 4) is 0 Å². The second kappa shape index (κ2) is 7.99. The van der Waals surface area contributed by atoms with Gasteiger partial charge in [-0.2, -0.15) is 0 Å². The average Bonchev–Trinajstić information content (AvgIpc) is 2.54. The highest BCUT2D eigenvalue weighted by molar-refractivity contribution is 5.78. The molecule has 23 heavy (non-hydrogen) atoms. The van der Waals surface area contributed by atoms with Crippen LogP contribution in [0.15, 0.2) is 24.3 Å². The lowest BCUT2D eigenvalue weighted by atomic mass is 10.0. The van der Waals surface area contributed by atoms with Crippen LogP contribution in [-0.4, -0.2) is 36.0 Å². The van der Waals surface area contributed by atoms with Crippen LogP contribution in [0.5, 0.6) is 0 Å². The number of rotatable bonds is 5. The van der Waals surface area contributed by atoms with E-state index >= 15 is 0 Å². The van der Waals surface area contributed by atoms with E-state index in [1.165, 1.54) is 11.1 Å². The van der Waals surface area contributed by atoms with Gasteiger partial charge in [0.25, 0.3) is 0 Å². The lowest BCUT2D eigenvalue weighted by Crippen LogP contribution is -2.44. The van der Waals surface area contributed by atoms with Gasteiger partial charge in [0.1, 0.15) is 0 Å². The molecule has 0 spiro atoms. The number of carbonyl (C=O) groups is 2. The molecule has 1 atom stereocenters. The van der Waals surface area contributed by atoms with E-state index in [1.54, 1.807) is 4.90 Å². The van der Waals surface area contributed by atoms with Gasteiger partial charge < -0.3 is 15.5 Å². The highest BCUT2D eigenvalue weighted by atomic mass is 16.2. The van der Waals surface area contributed by atoms with Gasteiger partial charge in [0.2, 0.25) is 5.91 Å². The summed E-state index contributed by atoms with van der Waals surface area (Å²) in [4.78, 5) is 25.8. The summed E-state index contributed by atoms with van der Waals surface area (Å²) < 4.78 is 0. The molecule has 2 N–H and O–H groups in total. The van der Waals surface area contributed by atoms with Gasteiger partial charge in [-0.1, -0.05) is 38.1 Å². The molecule has 3 amide bonds. The fourth-order valence-corrected chi connectivity index (χ4v) is 2.56. The maximum atomic E-state index is 12.2. The van der Waals surface area contributed by atoms with E-state index in [1.807, 2.05) is 19.1 Å². The predicted octanol–water partition coefficient (Wildman–Crippen LogP) is 2.31. The highest BCUT2D eigenvalue weighted by Crippen LogP contribution is 2.18. The van der Waals surface area contributed by atoms with E-state index in [2.05, 4.69) is 36.6 Å². The van der Waals surface area contributed by atoms with Crippen molar-refractivity contribution in [3.05, 3.63) is 35.4 Å². The molecule has 1 aliphatic rings. The molecule has 0 aliphatic carbocycles. The Hall–Kier alpha value is -2.04. The molecule has 1 aliphatic heterocycles. The molecule has 5 nitrogen and oxygen atoms in total. The minimum Gasteiger partial charge on any atom is -0.353 e. The lowest BCUT2D eigenvalue weighted by molar-refractivity contribution is -0.121. The van der Waals surface area contributed by atoms with Gasteiger partial charge in [0.05, 0.1) is 0 Å². The number of nitrogens with one attached hydrogen (secondary N) is 2. The van der Waals surface area contributed by atoms with Crippen LogP contribution in [0.2, 0.25) is 0 Å². The summed E-state index contributed by atoms with van der Waals surface area (Å²) in [5, 5.41) is 5.78. The standard InChI is InChI=1S/C18H27N3O2/c1-13(2)14(3)20-17(22)8-10-19-18(23)21-11-9-15-6-4-5-7-16(15)12-21/h4-7,13-14H,8-12H2,1-3H3,(H,19,23)(H,20,22)/t14-/m1/s1. The summed E-state index contributed by atoms with van der Waals surface area (Å²) in [6.45, 7) is 7.86. The van der Waals surface area contributed by atoms with E-state index < -0.39 is 0 Å². The fraction of sp³-hybridized carbons (Fsp3) is 0.556. The lowest BCUT2D eigenvalue weighted by Gasteiger charge is -2.29. The van der Waals surface area contributed by atoms with Crippen molar-refractivity contribution in [3.63, 3.8) is 0 Å². The van der Waals surface area contributed by atoms with Crippen LogP contribution < -0.4 is 10.6 Å². The van der Waals surface area contributed by atoms with E-state index in [0.717, 1.165) is 13.0 Å². The first-order valence-electron chi connectivity index (χ1n) is 8.36. The summed E-state index contributed by atoms with van der Waals surface area (Å²) in [5.41, 5.74) is 2.52. The summed E-state index contributed by atoms with van der Waals surface area (Å²) in [7, 11) is 0. The molecule has 0 aromatic heterocycles. The Morgan fingerprint density at radius 1 is 1.17 bits per heavy atom. The van der Waals surface area contributed by atoms with Gasteiger partial charge in [-0.25, -0.2) is 4.79 Å². The zero-order valence-corrected chi connectivity index (χ0v) is 14.3.